The van der Waals surface area contributed by atoms with Gasteiger partial charge in [-0.15, -0.1) is 0 Å². The summed E-state index contributed by atoms with van der Waals surface area (Å²) < 4.78 is 16.3. The first-order valence-corrected chi connectivity index (χ1v) is 8.38. The molecule has 0 spiro atoms. The molecule has 3 atom stereocenters. The quantitative estimate of drug-likeness (QED) is 0.429. The normalized spacial score (nSPS) is 21.6. The van der Waals surface area contributed by atoms with Crippen LogP contribution in [-0.2, 0) is 9.30 Å². The number of hydrogen-bond donors (Lipinski definition) is 2. The number of allylic oxidation sites excluding steroid dienone is 1. The third-order valence-electron chi connectivity index (χ3n) is 3.35. The molecule has 110 valence electrons. The highest BCUT2D eigenvalue weighted by Gasteiger charge is 2.25. The van der Waals surface area contributed by atoms with Gasteiger partial charge in [-0.25, -0.2) is 4.79 Å². The zero-order valence-corrected chi connectivity index (χ0v) is 12.6. The van der Waals surface area contributed by atoms with E-state index in [9.17, 15) is 14.3 Å². The molecule has 0 heterocycles. The van der Waals surface area contributed by atoms with Gasteiger partial charge < -0.3 is 14.9 Å². The van der Waals surface area contributed by atoms with Crippen LogP contribution in [0.1, 0.15) is 46.0 Å². The van der Waals surface area contributed by atoms with Gasteiger partial charge in [0.2, 0.25) is 0 Å². The van der Waals surface area contributed by atoms with Gasteiger partial charge >= 0.3 is 6.09 Å². The molecule has 1 aliphatic rings. The van der Waals surface area contributed by atoms with E-state index >= 15 is 0 Å². The van der Waals surface area contributed by atoms with Gasteiger partial charge in [0.25, 0.3) is 0 Å². The van der Waals surface area contributed by atoms with E-state index in [-0.39, 0.29) is 11.7 Å². The minimum atomic E-state index is -2.54. The minimum Gasteiger partial charge on any atom is -0.450 e. The van der Waals surface area contributed by atoms with Crippen LogP contribution in [0.2, 0.25) is 0 Å². The second-order valence-corrected chi connectivity index (χ2v) is 6.19. The summed E-state index contributed by atoms with van der Waals surface area (Å²) in [4.78, 5) is 20.8. The molecule has 0 radical (unpaired) electrons. The molecular weight excluding hydrogens is 265 g/mol. The predicted molar refractivity (Wildman–Crippen MR) is 75.8 cm³/mol. The molecule has 0 saturated heterocycles. The van der Waals surface area contributed by atoms with Crippen molar-refractivity contribution in [1.82, 2.24) is 5.32 Å². The average molecular weight is 289 g/mol. The molecule has 1 aliphatic carbocycles. The third-order valence-corrected chi connectivity index (χ3v) is 4.72. The Hall–Kier alpha value is -0.800. The monoisotopic (exact) mass is 289 g/mol. The van der Waals surface area contributed by atoms with Crippen molar-refractivity contribution in [3.05, 3.63) is 11.6 Å². The summed E-state index contributed by atoms with van der Waals surface area (Å²) in [7, 11) is -2.54. The maximum atomic E-state index is 11.5. The largest absolute Gasteiger partial charge is 0.450 e. The van der Waals surface area contributed by atoms with E-state index in [1.807, 2.05) is 19.9 Å². The van der Waals surface area contributed by atoms with E-state index in [0.717, 1.165) is 31.3 Å². The van der Waals surface area contributed by atoms with Crippen molar-refractivity contribution >= 4 is 14.1 Å². The number of alkyl carbamates (subject to hydrolysis) is 1. The number of carbonyl (C=O) groups is 1. The van der Waals surface area contributed by atoms with Crippen molar-refractivity contribution < 1.29 is 19.0 Å². The van der Waals surface area contributed by atoms with Crippen molar-refractivity contribution in [3.8, 4) is 0 Å². The lowest BCUT2D eigenvalue weighted by Crippen LogP contribution is -2.32. The summed E-state index contributed by atoms with van der Waals surface area (Å²) in [5.41, 5.74) is 0.751. The smallest absolute Gasteiger partial charge is 0.407 e. The first kappa shape index (κ1) is 16.3. The van der Waals surface area contributed by atoms with Crippen LogP contribution < -0.4 is 5.32 Å². The van der Waals surface area contributed by atoms with Crippen molar-refractivity contribution in [2.75, 3.05) is 6.61 Å². The van der Waals surface area contributed by atoms with E-state index in [1.54, 1.807) is 0 Å². The predicted octanol–water partition coefficient (Wildman–Crippen LogP) is 2.85. The highest BCUT2D eigenvalue weighted by Crippen LogP contribution is 2.36. The van der Waals surface area contributed by atoms with Gasteiger partial charge in [0.05, 0.1) is 18.3 Å². The van der Waals surface area contributed by atoms with Crippen LogP contribution in [0.3, 0.4) is 0 Å². The van der Waals surface area contributed by atoms with Crippen LogP contribution in [-0.4, -0.2) is 29.3 Å². The summed E-state index contributed by atoms with van der Waals surface area (Å²) in [5.74, 6) is 0. The highest BCUT2D eigenvalue weighted by atomic mass is 31.1. The number of nitrogens with one attached hydrogen (secondary N) is 1. The molecule has 0 aromatic heterocycles. The van der Waals surface area contributed by atoms with Crippen LogP contribution >= 0.6 is 8.03 Å². The van der Waals surface area contributed by atoms with Gasteiger partial charge in [-0.1, -0.05) is 31.9 Å². The van der Waals surface area contributed by atoms with E-state index in [0.29, 0.717) is 13.0 Å². The molecule has 2 N–H and O–H groups in total. The maximum Gasteiger partial charge on any atom is 0.407 e. The zero-order chi connectivity index (χ0) is 14.3. The fourth-order valence-corrected chi connectivity index (χ4v) is 3.16. The lowest BCUT2D eigenvalue weighted by molar-refractivity contribution is 0.142. The molecule has 0 fully saturated rings. The molecule has 5 nitrogen and oxygen atoms in total. The first-order chi connectivity index (χ1) is 9.08. The first-order valence-electron chi connectivity index (χ1n) is 6.95. The third kappa shape index (κ3) is 5.37. The fourth-order valence-electron chi connectivity index (χ4n) is 2.25. The van der Waals surface area contributed by atoms with Crippen LogP contribution in [0.4, 0.5) is 4.79 Å². The van der Waals surface area contributed by atoms with E-state index in [2.05, 4.69) is 5.32 Å². The van der Waals surface area contributed by atoms with Crippen LogP contribution in [0.15, 0.2) is 11.6 Å². The zero-order valence-electron chi connectivity index (χ0n) is 11.6. The van der Waals surface area contributed by atoms with Gasteiger partial charge in [-0.2, -0.15) is 0 Å². The second kappa shape index (κ2) is 8.39. The van der Waals surface area contributed by atoms with Crippen LogP contribution in [0.5, 0.6) is 0 Å². The Morgan fingerprint density at radius 3 is 2.95 bits per heavy atom. The Morgan fingerprint density at radius 1 is 1.63 bits per heavy atom. The van der Waals surface area contributed by atoms with Gasteiger partial charge in [-0.3, -0.25) is 4.57 Å². The van der Waals surface area contributed by atoms with Crippen molar-refractivity contribution in [3.63, 3.8) is 0 Å². The lowest BCUT2D eigenvalue weighted by Gasteiger charge is -2.11. The van der Waals surface area contributed by atoms with Crippen molar-refractivity contribution in [1.29, 1.82) is 0 Å². The minimum absolute atomic E-state index is 0.0699. The summed E-state index contributed by atoms with van der Waals surface area (Å²) in [6, 6.07) is -0.0699. The van der Waals surface area contributed by atoms with Gasteiger partial charge in [0.1, 0.15) is 0 Å². The maximum absolute atomic E-state index is 11.5. The lowest BCUT2D eigenvalue weighted by atomic mass is 10.1. The van der Waals surface area contributed by atoms with Crippen molar-refractivity contribution in [2.45, 2.75) is 57.7 Å². The molecule has 1 rings (SSSR count). The molecule has 3 unspecified atom stereocenters. The molecule has 1 amide bonds. The van der Waals surface area contributed by atoms with E-state index in [1.165, 1.54) is 0 Å². The average Bonchev–Trinajstić information content (AvgIpc) is 2.78. The molecule has 0 aliphatic heterocycles. The molecule has 0 saturated carbocycles. The molecule has 19 heavy (non-hydrogen) atoms. The molecular formula is C13H24NO4P. The van der Waals surface area contributed by atoms with E-state index in [4.69, 9.17) is 4.74 Å². The number of rotatable bonds is 7. The van der Waals surface area contributed by atoms with Crippen molar-refractivity contribution in [2.24, 2.45) is 0 Å². The molecule has 0 aromatic carbocycles. The molecule has 0 aromatic rings. The summed E-state index contributed by atoms with van der Waals surface area (Å²) in [6.45, 7) is 4.38. The van der Waals surface area contributed by atoms with Crippen LogP contribution in [0, 0.1) is 0 Å². The Balaban J connectivity index is 2.43. The summed E-state index contributed by atoms with van der Waals surface area (Å²) >= 11 is 0. The number of unbranched alkanes of at least 4 members (excludes halogenated alkanes) is 1. The second-order valence-electron chi connectivity index (χ2n) is 4.82. The topological polar surface area (TPSA) is 75.6 Å². The fraction of sp³-hybridized carbons (Fsp3) is 0.769. The highest BCUT2D eigenvalue weighted by molar-refractivity contribution is 7.39. The Labute approximate surface area is 115 Å². The van der Waals surface area contributed by atoms with Gasteiger partial charge in [0.15, 0.2) is 8.03 Å². The number of hydrogen-bond acceptors (Lipinski definition) is 3. The molecule has 0 bridgehead atoms. The van der Waals surface area contributed by atoms with Crippen LogP contribution in [0.25, 0.3) is 0 Å². The standard InChI is InChI=1S/C13H24NO4P/c1-3-5-8-18-13(15)14-11-7-6-10(9-11)12(4-2)19(16)17/h9,11-12,19H,3-8H2,1-2H3,(H,14,15)(H,16,17). The molecule has 6 heteroatoms. The number of amides is 1. The Bertz CT molecular complexity index is 357. The number of carbonyl (C=O) groups excluding carboxylic acids is 1. The van der Waals surface area contributed by atoms with Gasteiger partial charge in [0, 0.05) is 0 Å². The Morgan fingerprint density at radius 2 is 2.37 bits per heavy atom. The SMILES string of the molecule is CCCCOC(=O)NC1C=C(C(CC)[PH](=O)O)CC1. The Kier molecular flexibility index (Phi) is 7.17. The summed E-state index contributed by atoms with van der Waals surface area (Å²) in [6.07, 6.45) is 5.58. The number of ether oxygens (including phenoxy) is 1. The van der Waals surface area contributed by atoms with E-state index < -0.39 is 14.1 Å². The summed E-state index contributed by atoms with van der Waals surface area (Å²) in [5, 5.41) is 2.78. The van der Waals surface area contributed by atoms with Gasteiger partial charge in [-0.05, 0) is 25.7 Å².